The van der Waals surface area contributed by atoms with Gasteiger partial charge in [0.2, 0.25) is 6.08 Å². The van der Waals surface area contributed by atoms with Crippen LogP contribution < -0.4 is 5.73 Å². The lowest BCUT2D eigenvalue weighted by Gasteiger charge is -2.32. The van der Waals surface area contributed by atoms with Crippen molar-refractivity contribution in [1.29, 1.82) is 0 Å². The van der Waals surface area contributed by atoms with E-state index in [1.54, 1.807) is 6.08 Å². The molecule has 2 aliphatic rings. The topological polar surface area (TPSA) is 55.4 Å². The number of rotatable bonds is 3. The largest absolute Gasteiger partial charge is 0.328 e. The Morgan fingerprint density at radius 2 is 1.47 bits per heavy atom. The molecule has 0 aliphatic heterocycles. The summed E-state index contributed by atoms with van der Waals surface area (Å²) < 4.78 is 0. The Morgan fingerprint density at radius 1 is 0.941 bits per heavy atom. The molecule has 2 saturated carbocycles. The van der Waals surface area contributed by atoms with Crippen molar-refractivity contribution in [3.05, 3.63) is 0 Å². The van der Waals surface area contributed by atoms with Gasteiger partial charge in [-0.05, 0) is 69.6 Å². The summed E-state index contributed by atoms with van der Waals surface area (Å²) in [6.07, 6.45) is 12.8. The lowest BCUT2D eigenvalue weighted by molar-refractivity contribution is 0.226. The first-order valence-electron chi connectivity index (χ1n) is 7.10. The minimum absolute atomic E-state index is 0.267. The number of carbonyl (C=O) groups excluding carboxylic acids is 1. The van der Waals surface area contributed by atoms with Crippen molar-refractivity contribution < 1.29 is 4.79 Å². The first-order valence-corrected chi connectivity index (χ1v) is 7.10. The smallest absolute Gasteiger partial charge is 0.235 e. The van der Waals surface area contributed by atoms with E-state index < -0.39 is 0 Å². The molecular weight excluding hydrogens is 212 g/mol. The van der Waals surface area contributed by atoms with Crippen LogP contribution in [0.5, 0.6) is 0 Å². The fourth-order valence-corrected chi connectivity index (χ4v) is 3.48. The van der Waals surface area contributed by atoms with Gasteiger partial charge in [-0.15, -0.1) is 0 Å². The molecule has 0 spiro atoms. The highest BCUT2D eigenvalue weighted by Gasteiger charge is 2.25. The van der Waals surface area contributed by atoms with Gasteiger partial charge in [0.1, 0.15) is 0 Å². The second-order valence-corrected chi connectivity index (χ2v) is 5.91. The Hall–Kier alpha value is -0.660. The molecule has 0 radical (unpaired) electrons. The zero-order valence-electron chi connectivity index (χ0n) is 10.6. The Kier molecular flexibility index (Phi) is 4.75. The standard InChI is InChI=1S/C14H24N2O/c15-13-5-1-11(2-6-13)9-12-3-7-14(8-4-12)16-10-17/h11-14H,1-9,15H2. The minimum atomic E-state index is 0.267. The molecular formula is C14H24N2O. The number of nitrogens with two attached hydrogens (primary N) is 1. The van der Waals surface area contributed by atoms with Gasteiger partial charge in [-0.3, -0.25) is 0 Å². The predicted octanol–water partition coefficient (Wildman–Crippen LogP) is 2.79. The van der Waals surface area contributed by atoms with Crippen molar-refractivity contribution in [2.45, 2.75) is 69.9 Å². The van der Waals surface area contributed by atoms with Gasteiger partial charge in [0.05, 0.1) is 6.04 Å². The van der Waals surface area contributed by atoms with Crippen LogP contribution >= 0.6 is 0 Å². The third-order valence-corrected chi connectivity index (χ3v) is 4.61. The molecule has 0 atom stereocenters. The van der Waals surface area contributed by atoms with Crippen LogP contribution in [-0.2, 0) is 4.79 Å². The highest BCUT2D eigenvalue weighted by molar-refractivity contribution is 5.33. The fraction of sp³-hybridized carbons (Fsp3) is 0.929. The molecule has 0 aromatic rings. The number of hydrogen-bond acceptors (Lipinski definition) is 3. The van der Waals surface area contributed by atoms with Gasteiger partial charge >= 0.3 is 0 Å². The molecule has 0 unspecified atom stereocenters. The van der Waals surface area contributed by atoms with Crippen LogP contribution in [0, 0.1) is 11.8 Å². The van der Waals surface area contributed by atoms with E-state index in [0.717, 1.165) is 24.7 Å². The summed E-state index contributed by atoms with van der Waals surface area (Å²) >= 11 is 0. The molecule has 0 aromatic heterocycles. The van der Waals surface area contributed by atoms with Crippen LogP contribution in [0.1, 0.15) is 57.8 Å². The lowest BCUT2D eigenvalue weighted by atomic mass is 9.76. The molecule has 0 aromatic carbocycles. The first-order chi connectivity index (χ1) is 8.28. The predicted molar refractivity (Wildman–Crippen MR) is 68.4 cm³/mol. The van der Waals surface area contributed by atoms with E-state index in [4.69, 9.17) is 5.73 Å². The lowest BCUT2D eigenvalue weighted by Crippen LogP contribution is -2.28. The third-order valence-electron chi connectivity index (χ3n) is 4.61. The van der Waals surface area contributed by atoms with E-state index in [1.807, 2.05) is 0 Å². The maximum Gasteiger partial charge on any atom is 0.235 e. The molecule has 2 fully saturated rings. The maximum atomic E-state index is 10.2. The van der Waals surface area contributed by atoms with Crippen LogP contribution in [-0.4, -0.2) is 18.2 Å². The maximum absolute atomic E-state index is 10.2. The number of isocyanates is 1. The van der Waals surface area contributed by atoms with Gasteiger partial charge in [-0.25, -0.2) is 9.79 Å². The van der Waals surface area contributed by atoms with Gasteiger partial charge in [-0.2, -0.15) is 0 Å². The van der Waals surface area contributed by atoms with Crippen molar-refractivity contribution in [2.75, 3.05) is 0 Å². The third kappa shape index (κ3) is 3.93. The van der Waals surface area contributed by atoms with E-state index in [0.29, 0.717) is 6.04 Å². The molecule has 2 N–H and O–H groups in total. The second-order valence-electron chi connectivity index (χ2n) is 5.91. The Balaban J connectivity index is 1.69. The summed E-state index contributed by atoms with van der Waals surface area (Å²) in [5.74, 6) is 1.78. The molecule has 0 bridgehead atoms. The van der Waals surface area contributed by atoms with Crippen molar-refractivity contribution in [3.63, 3.8) is 0 Å². The summed E-state index contributed by atoms with van der Waals surface area (Å²) in [5, 5.41) is 0. The fourth-order valence-electron chi connectivity index (χ4n) is 3.48. The van der Waals surface area contributed by atoms with Crippen LogP contribution in [0.2, 0.25) is 0 Å². The molecule has 0 heterocycles. The molecule has 3 nitrogen and oxygen atoms in total. The number of nitrogens with zero attached hydrogens (tertiary/aromatic N) is 1. The molecule has 0 saturated heterocycles. The summed E-state index contributed by atoms with van der Waals surface area (Å²) in [6.45, 7) is 0. The van der Waals surface area contributed by atoms with Crippen molar-refractivity contribution in [2.24, 2.45) is 22.6 Å². The van der Waals surface area contributed by atoms with Crippen molar-refractivity contribution in [1.82, 2.24) is 0 Å². The van der Waals surface area contributed by atoms with Crippen LogP contribution in [0.15, 0.2) is 4.99 Å². The SMILES string of the molecule is NC1CCC(CC2CCC(N=C=O)CC2)CC1. The molecule has 17 heavy (non-hydrogen) atoms. The zero-order chi connectivity index (χ0) is 12.1. The quantitative estimate of drug-likeness (QED) is 0.605. The van der Waals surface area contributed by atoms with Gasteiger partial charge < -0.3 is 5.73 Å². The van der Waals surface area contributed by atoms with Gasteiger partial charge in [0.25, 0.3) is 0 Å². The first kappa shape index (κ1) is 12.8. The Labute approximate surface area is 104 Å². The van der Waals surface area contributed by atoms with Crippen LogP contribution in [0.3, 0.4) is 0 Å². The molecule has 0 amide bonds. The van der Waals surface area contributed by atoms with E-state index in [9.17, 15) is 4.79 Å². The normalized spacial score (nSPS) is 38.4. The number of hydrogen-bond donors (Lipinski definition) is 1. The van der Waals surface area contributed by atoms with E-state index in [-0.39, 0.29) is 6.04 Å². The summed E-state index contributed by atoms with van der Waals surface area (Å²) in [4.78, 5) is 14.1. The molecule has 2 aliphatic carbocycles. The number of aliphatic imine (C=N–C) groups is 1. The second kappa shape index (κ2) is 6.32. The minimum Gasteiger partial charge on any atom is -0.328 e. The van der Waals surface area contributed by atoms with Gasteiger partial charge in [-0.1, -0.05) is 0 Å². The van der Waals surface area contributed by atoms with Crippen LogP contribution in [0.4, 0.5) is 0 Å². The molecule has 96 valence electrons. The average molecular weight is 236 g/mol. The Morgan fingerprint density at radius 3 is 2.00 bits per heavy atom. The molecule has 3 heteroatoms. The summed E-state index contributed by atoms with van der Waals surface area (Å²) in [5.41, 5.74) is 5.93. The zero-order valence-corrected chi connectivity index (χ0v) is 10.6. The highest BCUT2D eigenvalue weighted by atomic mass is 16.1. The van der Waals surface area contributed by atoms with E-state index in [2.05, 4.69) is 4.99 Å². The van der Waals surface area contributed by atoms with Crippen molar-refractivity contribution >= 4 is 6.08 Å². The highest BCUT2D eigenvalue weighted by Crippen LogP contribution is 2.35. The van der Waals surface area contributed by atoms with E-state index >= 15 is 0 Å². The monoisotopic (exact) mass is 236 g/mol. The van der Waals surface area contributed by atoms with Crippen LogP contribution in [0.25, 0.3) is 0 Å². The summed E-state index contributed by atoms with van der Waals surface area (Å²) in [7, 11) is 0. The molecule has 2 rings (SSSR count). The average Bonchev–Trinajstić information content (AvgIpc) is 2.35. The van der Waals surface area contributed by atoms with Gasteiger partial charge in [0.15, 0.2) is 0 Å². The van der Waals surface area contributed by atoms with Gasteiger partial charge in [0, 0.05) is 6.04 Å². The van der Waals surface area contributed by atoms with E-state index in [1.165, 1.54) is 44.9 Å². The van der Waals surface area contributed by atoms with Crippen molar-refractivity contribution in [3.8, 4) is 0 Å². The Bertz CT molecular complexity index is 270. The summed E-state index contributed by atoms with van der Waals surface area (Å²) in [6, 6.07) is 0.729.